The summed E-state index contributed by atoms with van der Waals surface area (Å²) >= 11 is 0. The number of aromatic nitrogens is 1. The molecule has 0 saturated heterocycles. The van der Waals surface area contributed by atoms with Gasteiger partial charge in [0.15, 0.2) is 0 Å². The molecule has 1 aromatic carbocycles. The lowest BCUT2D eigenvalue weighted by molar-refractivity contribution is 0.598. The molecule has 0 unspecified atom stereocenters. The average Bonchev–Trinajstić information content (AvgIpc) is 3.19. The summed E-state index contributed by atoms with van der Waals surface area (Å²) in [6.07, 6.45) is 6.24. The first-order chi connectivity index (χ1) is 11.4. The summed E-state index contributed by atoms with van der Waals surface area (Å²) in [4.78, 5) is 4.13. The van der Waals surface area contributed by atoms with E-state index in [0.29, 0.717) is 16.8 Å². The van der Waals surface area contributed by atoms with Gasteiger partial charge in [0.25, 0.3) is 0 Å². The highest BCUT2D eigenvalue weighted by molar-refractivity contribution is 7.89. The van der Waals surface area contributed by atoms with Gasteiger partial charge in [0.05, 0.1) is 10.6 Å². The van der Waals surface area contributed by atoms with Crippen LogP contribution in [0.15, 0.2) is 70.3 Å². The Morgan fingerprint density at radius 2 is 1.88 bits per heavy atom. The van der Waals surface area contributed by atoms with Gasteiger partial charge in [0.1, 0.15) is 0 Å². The van der Waals surface area contributed by atoms with Crippen LogP contribution in [0, 0.1) is 0 Å². The van der Waals surface area contributed by atoms with E-state index in [1.54, 1.807) is 24.4 Å². The second kappa shape index (κ2) is 6.18. The fourth-order valence-corrected chi connectivity index (χ4v) is 2.98. The molecule has 2 heterocycles. The van der Waals surface area contributed by atoms with Gasteiger partial charge < -0.3 is 4.48 Å². The largest absolute Gasteiger partial charge is 0.677 e. The van der Waals surface area contributed by atoms with Crippen LogP contribution in [0.25, 0.3) is 5.57 Å². The lowest BCUT2D eigenvalue weighted by atomic mass is 9.99. The van der Waals surface area contributed by atoms with Crippen LogP contribution in [0.2, 0.25) is 0 Å². The van der Waals surface area contributed by atoms with E-state index in [0.717, 1.165) is 4.48 Å². The van der Waals surface area contributed by atoms with Crippen LogP contribution in [0.1, 0.15) is 11.3 Å². The Kier molecular flexibility index (Phi) is 4.21. The summed E-state index contributed by atoms with van der Waals surface area (Å²) in [5.41, 5.74) is 1.83. The number of primary sulfonamides is 1. The van der Waals surface area contributed by atoms with E-state index in [4.69, 9.17) is 5.14 Å². The Morgan fingerprint density at radius 1 is 1.17 bits per heavy atom. The normalized spacial score (nSPS) is 15.8. The molecule has 24 heavy (non-hydrogen) atoms. The molecule has 1 aliphatic heterocycles. The van der Waals surface area contributed by atoms with Crippen molar-refractivity contribution in [2.75, 3.05) is 0 Å². The smallest absolute Gasteiger partial charge is 0.332 e. The fraction of sp³-hybridized carbons (Fsp3) is 0. The van der Waals surface area contributed by atoms with E-state index in [2.05, 4.69) is 4.99 Å². The predicted octanol–water partition coefficient (Wildman–Crippen LogP) is 2.31. The molecule has 5 nitrogen and oxygen atoms in total. The lowest BCUT2D eigenvalue weighted by Gasteiger charge is -2.13. The van der Waals surface area contributed by atoms with Crippen LogP contribution in [-0.4, -0.2) is 26.5 Å². The molecule has 0 saturated carbocycles. The minimum absolute atomic E-state index is 0.0506. The highest BCUT2D eigenvalue weighted by atomic mass is 32.2. The van der Waals surface area contributed by atoms with E-state index in [9.17, 15) is 17.0 Å². The third kappa shape index (κ3) is 3.08. The molecule has 1 aliphatic rings. The molecule has 3 rings (SSSR count). The van der Waals surface area contributed by atoms with E-state index in [-0.39, 0.29) is 10.6 Å². The van der Waals surface area contributed by atoms with Gasteiger partial charge in [-0.25, -0.2) is 13.6 Å². The number of rotatable bonds is 4. The molecule has 0 radical (unpaired) electrons. The molecule has 0 atom stereocenters. The summed E-state index contributed by atoms with van der Waals surface area (Å²) in [7, 11) is -6.53. The van der Waals surface area contributed by atoms with Crippen LogP contribution in [0.4, 0.5) is 8.63 Å². The van der Waals surface area contributed by atoms with Gasteiger partial charge >= 0.3 is 7.40 Å². The molecule has 2 aromatic rings. The number of nitrogens with zero attached hydrogens (tertiary/aromatic N) is 2. The van der Waals surface area contributed by atoms with Crippen molar-refractivity contribution in [1.82, 2.24) is 4.48 Å². The van der Waals surface area contributed by atoms with Crippen molar-refractivity contribution in [2.45, 2.75) is 4.90 Å². The van der Waals surface area contributed by atoms with Gasteiger partial charge in [-0.3, -0.25) is 13.6 Å². The van der Waals surface area contributed by atoms with Gasteiger partial charge in [0, 0.05) is 17.5 Å². The van der Waals surface area contributed by atoms with Crippen molar-refractivity contribution in [3.63, 3.8) is 0 Å². The number of nitrogens with two attached hydrogens (primary N) is 1. The van der Waals surface area contributed by atoms with Crippen LogP contribution in [0.3, 0.4) is 0 Å². The number of aliphatic imine (C=N–C) groups is 1. The number of sulfonamides is 1. The molecular formula is C15H12BF2N3O2S. The van der Waals surface area contributed by atoms with E-state index in [1.807, 2.05) is 0 Å². The van der Waals surface area contributed by atoms with E-state index >= 15 is 0 Å². The molecule has 0 spiro atoms. The van der Waals surface area contributed by atoms with Crippen molar-refractivity contribution in [2.24, 2.45) is 10.1 Å². The maximum atomic E-state index is 13.2. The Balaban J connectivity index is 2.18. The number of benzene rings is 1. The molecule has 0 bridgehead atoms. The fourth-order valence-electron chi connectivity index (χ4n) is 2.46. The van der Waals surface area contributed by atoms with Crippen molar-refractivity contribution in [1.29, 1.82) is 0 Å². The lowest BCUT2D eigenvalue weighted by Crippen LogP contribution is -2.15. The van der Waals surface area contributed by atoms with Gasteiger partial charge in [-0.2, -0.15) is 0 Å². The quantitative estimate of drug-likeness (QED) is 0.862. The predicted molar refractivity (Wildman–Crippen MR) is 89.3 cm³/mol. The molecule has 0 fully saturated rings. The van der Waals surface area contributed by atoms with Crippen molar-refractivity contribution in [3.8, 4) is 0 Å². The van der Waals surface area contributed by atoms with Crippen molar-refractivity contribution >= 4 is 29.2 Å². The second-order valence-electron chi connectivity index (χ2n) is 5.05. The number of halogens is 2. The Hall–Kier alpha value is -2.52. The Bertz CT molecular complexity index is 947. The van der Waals surface area contributed by atoms with E-state index in [1.165, 1.54) is 36.5 Å². The van der Waals surface area contributed by atoms with Gasteiger partial charge in [-0.1, -0.05) is 12.1 Å². The molecule has 122 valence electrons. The average molecular weight is 347 g/mol. The summed E-state index contributed by atoms with van der Waals surface area (Å²) in [6, 6.07) is 8.79. The topological polar surface area (TPSA) is 77.5 Å². The summed E-state index contributed by atoms with van der Waals surface area (Å²) in [5.74, 6) is 0. The zero-order valence-corrected chi connectivity index (χ0v) is 13.1. The zero-order valence-electron chi connectivity index (χ0n) is 12.3. The first-order valence-electron chi connectivity index (χ1n) is 6.91. The monoisotopic (exact) mass is 347 g/mol. The first-order valence-corrected chi connectivity index (χ1v) is 8.46. The highest BCUT2D eigenvalue weighted by Crippen LogP contribution is 2.31. The SMILES string of the molecule is NS(=O)(=O)c1ccc(/C(=C2/C=CC=N2)c2cccn2B(F)F)cc1. The standard InChI is InChI=1S/C15H12BF2N3O2S/c17-16(18)21-10-2-4-14(21)15(13-3-1-9-20-13)11-5-7-12(8-6-11)24(19,22)23/h1-10H,(H2,19,22,23)/b15-13+. The molecule has 0 aliphatic carbocycles. The van der Waals surface area contributed by atoms with Crippen molar-refractivity contribution < 1.29 is 17.0 Å². The third-order valence-corrected chi connectivity index (χ3v) is 4.46. The molecule has 9 heteroatoms. The Morgan fingerprint density at radius 3 is 2.42 bits per heavy atom. The van der Waals surface area contributed by atoms with Crippen LogP contribution in [-0.2, 0) is 10.0 Å². The van der Waals surface area contributed by atoms with Gasteiger partial charge in [-0.15, -0.1) is 0 Å². The number of hydrogen-bond donors (Lipinski definition) is 1. The Labute approximate surface area is 138 Å². The minimum Gasteiger partial charge on any atom is -0.332 e. The number of allylic oxidation sites excluding steroid dienone is 2. The zero-order chi connectivity index (χ0) is 17.3. The van der Waals surface area contributed by atoms with E-state index < -0.39 is 17.4 Å². The van der Waals surface area contributed by atoms with Crippen LogP contribution < -0.4 is 5.14 Å². The first kappa shape index (κ1) is 16.3. The highest BCUT2D eigenvalue weighted by Gasteiger charge is 2.23. The molecule has 2 N–H and O–H groups in total. The van der Waals surface area contributed by atoms with Gasteiger partial charge in [-0.05, 0) is 48.2 Å². The summed E-state index contributed by atoms with van der Waals surface area (Å²) in [6.45, 7) is 0. The van der Waals surface area contributed by atoms with Crippen LogP contribution in [0.5, 0.6) is 0 Å². The van der Waals surface area contributed by atoms with Crippen LogP contribution >= 0.6 is 0 Å². The minimum atomic E-state index is -3.82. The second-order valence-corrected chi connectivity index (χ2v) is 6.61. The van der Waals surface area contributed by atoms with Gasteiger partial charge in [0.2, 0.25) is 10.0 Å². The maximum absolute atomic E-state index is 13.2. The number of hydrogen-bond acceptors (Lipinski definition) is 3. The van der Waals surface area contributed by atoms with Crippen molar-refractivity contribution in [3.05, 3.63) is 71.7 Å². The maximum Gasteiger partial charge on any atom is 0.677 e. The summed E-state index contributed by atoms with van der Waals surface area (Å²) in [5, 5.41) is 5.09. The molecular weight excluding hydrogens is 335 g/mol. The molecule has 0 amide bonds. The summed E-state index contributed by atoms with van der Waals surface area (Å²) < 4.78 is 50.0. The third-order valence-electron chi connectivity index (χ3n) is 3.53. The molecule has 1 aromatic heterocycles.